The van der Waals surface area contributed by atoms with Crippen LogP contribution in [0.2, 0.25) is 0 Å². The van der Waals surface area contributed by atoms with Crippen molar-refractivity contribution < 1.29 is 13.9 Å². The fourth-order valence-corrected chi connectivity index (χ4v) is 2.71. The summed E-state index contributed by atoms with van der Waals surface area (Å²) >= 11 is 0. The lowest BCUT2D eigenvalue weighted by Crippen LogP contribution is -2.27. The number of benzene rings is 2. The van der Waals surface area contributed by atoms with E-state index in [1.54, 1.807) is 24.4 Å². The van der Waals surface area contributed by atoms with Gasteiger partial charge in [-0.05, 0) is 17.7 Å². The molecule has 0 saturated heterocycles. The Bertz CT molecular complexity index is 865. The molecule has 3 rings (SSSR count). The van der Waals surface area contributed by atoms with E-state index in [2.05, 4.69) is 27.0 Å². The maximum Gasteiger partial charge on any atom is 0.223 e. The van der Waals surface area contributed by atoms with Gasteiger partial charge in [-0.15, -0.1) is 0 Å². The summed E-state index contributed by atoms with van der Waals surface area (Å²) in [6.07, 6.45) is 4.52. The highest BCUT2D eigenvalue weighted by atomic mass is 19.1. The average molecular weight is 367 g/mol. The van der Waals surface area contributed by atoms with Crippen LogP contribution in [0.25, 0.3) is 0 Å². The van der Waals surface area contributed by atoms with E-state index in [-0.39, 0.29) is 24.7 Å². The smallest absolute Gasteiger partial charge is 0.223 e. The topological polar surface area (TPSA) is 56.1 Å². The first-order chi connectivity index (χ1) is 13.2. The number of aromatic nitrogens is 2. The molecule has 0 atom stereocenters. The van der Waals surface area contributed by atoms with Crippen molar-refractivity contribution in [1.29, 1.82) is 0 Å². The monoisotopic (exact) mass is 367 g/mol. The molecule has 1 heterocycles. The number of rotatable bonds is 9. The third-order valence-electron chi connectivity index (χ3n) is 4.09. The van der Waals surface area contributed by atoms with Gasteiger partial charge in [-0.3, -0.25) is 4.79 Å². The van der Waals surface area contributed by atoms with E-state index in [1.807, 2.05) is 24.4 Å². The zero-order valence-corrected chi connectivity index (χ0v) is 15.0. The predicted octanol–water partition coefficient (Wildman–Crippen LogP) is 3.20. The van der Waals surface area contributed by atoms with E-state index in [0.29, 0.717) is 13.0 Å². The summed E-state index contributed by atoms with van der Waals surface area (Å²) in [6.45, 7) is 1.38. The Morgan fingerprint density at radius 1 is 1.11 bits per heavy atom. The lowest BCUT2D eigenvalue weighted by atomic mass is 10.2. The van der Waals surface area contributed by atoms with Gasteiger partial charge in [0.05, 0.1) is 13.0 Å². The maximum atomic E-state index is 13.4. The minimum atomic E-state index is -0.428. The van der Waals surface area contributed by atoms with E-state index in [1.165, 1.54) is 11.6 Å². The summed E-state index contributed by atoms with van der Waals surface area (Å²) in [5.74, 6) is 0.519. The Hall–Kier alpha value is -3.15. The summed E-state index contributed by atoms with van der Waals surface area (Å²) in [5.41, 5.74) is 1.20. The molecule has 0 saturated carbocycles. The highest BCUT2D eigenvalue weighted by Crippen LogP contribution is 2.15. The Morgan fingerprint density at radius 2 is 1.89 bits per heavy atom. The summed E-state index contributed by atoms with van der Waals surface area (Å²) in [4.78, 5) is 16.3. The molecule has 3 aromatic rings. The van der Waals surface area contributed by atoms with Crippen LogP contribution in [0.3, 0.4) is 0 Å². The van der Waals surface area contributed by atoms with Gasteiger partial charge in [0.2, 0.25) is 5.91 Å². The summed E-state index contributed by atoms with van der Waals surface area (Å²) < 4.78 is 20.8. The molecule has 0 unspecified atom stereocenters. The van der Waals surface area contributed by atoms with Gasteiger partial charge in [-0.25, -0.2) is 9.37 Å². The van der Waals surface area contributed by atoms with E-state index in [4.69, 9.17) is 4.74 Å². The van der Waals surface area contributed by atoms with Crippen LogP contribution in [0.15, 0.2) is 67.0 Å². The maximum absolute atomic E-state index is 13.4. The lowest BCUT2D eigenvalue weighted by Gasteiger charge is -2.10. The molecule has 0 fully saturated rings. The van der Waals surface area contributed by atoms with Gasteiger partial charge in [0.1, 0.15) is 5.82 Å². The molecule has 6 heteroatoms. The SMILES string of the molecule is O=C(CCOc1ccccc1F)NCCc1nccn1Cc1ccccc1. The zero-order valence-electron chi connectivity index (χ0n) is 15.0. The van der Waals surface area contributed by atoms with Gasteiger partial charge in [0, 0.05) is 31.9 Å². The number of carbonyl (C=O) groups is 1. The van der Waals surface area contributed by atoms with Crippen LogP contribution in [0.4, 0.5) is 4.39 Å². The molecular weight excluding hydrogens is 345 g/mol. The summed E-state index contributed by atoms with van der Waals surface area (Å²) in [7, 11) is 0. The quantitative estimate of drug-likeness (QED) is 0.632. The second-order valence-corrected chi connectivity index (χ2v) is 6.09. The minimum absolute atomic E-state index is 0.132. The standard InChI is InChI=1S/C21H22FN3O2/c22-18-8-4-5-9-19(18)27-15-11-21(26)24-12-10-20-23-13-14-25(20)16-17-6-2-1-3-7-17/h1-9,13-14H,10-12,15-16H2,(H,24,26). The Morgan fingerprint density at radius 3 is 2.70 bits per heavy atom. The molecule has 1 aromatic heterocycles. The van der Waals surface area contributed by atoms with Crippen molar-refractivity contribution in [2.24, 2.45) is 0 Å². The number of nitrogens with one attached hydrogen (secondary N) is 1. The number of ether oxygens (including phenoxy) is 1. The molecule has 0 aliphatic rings. The largest absolute Gasteiger partial charge is 0.490 e. The van der Waals surface area contributed by atoms with Crippen LogP contribution in [-0.4, -0.2) is 28.6 Å². The van der Waals surface area contributed by atoms with Crippen molar-refractivity contribution in [2.45, 2.75) is 19.4 Å². The first-order valence-corrected chi connectivity index (χ1v) is 8.90. The first-order valence-electron chi connectivity index (χ1n) is 8.90. The van der Waals surface area contributed by atoms with Crippen LogP contribution in [-0.2, 0) is 17.8 Å². The van der Waals surface area contributed by atoms with Crippen molar-refractivity contribution >= 4 is 5.91 Å². The number of para-hydroxylation sites is 1. The van der Waals surface area contributed by atoms with Crippen molar-refractivity contribution in [1.82, 2.24) is 14.9 Å². The van der Waals surface area contributed by atoms with Crippen molar-refractivity contribution in [2.75, 3.05) is 13.2 Å². The van der Waals surface area contributed by atoms with Crippen molar-refractivity contribution in [3.63, 3.8) is 0 Å². The summed E-state index contributed by atoms with van der Waals surface area (Å²) in [6, 6.07) is 16.3. The van der Waals surface area contributed by atoms with Gasteiger partial charge in [-0.2, -0.15) is 0 Å². The molecule has 1 amide bonds. The van der Waals surface area contributed by atoms with E-state index >= 15 is 0 Å². The molecule has 0 bridgehead atoms. The number of amides is 1. The molecular formula is C21H22FN3O2. The molecule has 5 nitrogen and oxygen atoms in total. The first kappa shape index (κ1) is 18.6. The Labute approximate surface area is 157 Å². The van der Waals surface area contributed by atoms with Crippen LogP contribution >= 0.6 is 0 Å². The van der Waals surface area contributed by atoms with Gasteiger partial charge >= 0.3 is 0 Å². The van der Waals surface area contributed by atoms with Crippen molar-refractivity contribution in [3.05, 3.63) is 84.2 Å². The molecule has 27 heavy (non-hydrogen) atoms. The molecule has 0 aliphatic heterocycles. The molecule has 140 valence electrons. The van der Waals surface area contributed by atoms with Gasteiger partial charge in [0.25, 0.3) is 0 Å². The van der Waals surface area contributed by atoms with Gasteiger partial charge in [-0.1, -0.05) is 42.5 Å². The number of nitrogens with zero attached hydrogens (tertiary/aromatic N) is 2. The molecule has 2 aromatic carbocycles. The fraction of sp³-hybridized carbons (Fsp3) is 0.238. The molecule has 0 aliphatic carbocycles. The second kappa shape index (κ2) is 9.52. The predicted molar refractivity (Wildman–Crippen MR) is 101 cm³/mol. The fourth-order valence-electron chi connectivity index (χ4n) is 2.71. The minimum Gasteiger partial charge on any atom is -0.490 e. The number of imidazole rings is 1. The van der Waals surface area contributed by atoms with Gasteiger partial charge < -0.3 is 14.6 Å². The molecule has 1 N–H and O–H groups in total. The van der Waals surface area contributed by atoms with Crippen LogP contribution < -0.4 is 10.1 Å². The average Bonchev–Trinajstić information content (AvgIpc) is 3.11. The third-order valence-corrected chi connectivity index (χ3v) is 4.09. The molecule has 0 spiro atoms. The highest BCUT2D eigenvalue weighted by molar-refractivity contribution is 5.75. The van der Waals surface area contributed by atoms with Crippen LogP contribution in [0.1, 0.15) is 17.8 Å². The van der Waals surface area contributed by atoms with Crippen molar-refractivity contribution in [3.8, 4) is 5.75 Å². The second-order valence-electron chi connectivity index (χ2n) is 6.09. The number of carbonyl (C=O) groups excluding carboxylic acids is 1. The zero-order chi connectivity index (χ0) is 18.9. The number of hydrogen-bond acceptors (Lipinski definition) is 3. The lowest BCUT2D eigenvalue weighted by molar-refractivity contribution is -0.121. The highest BCUT2D eigenvalue weighted by Gasteiger charge is 2.07. The third kappa shape index (κ3) is 5.67. The van der Waals surface area contributed by atoms with Crippen LogP contribution in [0.5, 0.6) is 5.75 Å². The molecule has 0 radical (unpaired) electrons. The van der Waals surface area contributed by atoms with Gasteiger partial charge in [0.15, 0.2) is 11.6 Å². The van der Waals surface area contributed by atoms with E-state index < -0.39 is 5.82 Å². The number of hydrogen-bond donors (Lipinski definition) is 1. The normalized spacial score (nSPS) is 10.6. The Balaban J connectivity index is 1.39. The number of halogens is 1. The van der Waals surface area contributed by atoms with E-state index in [9.17, 15) is 9.18 Å². The Kier molecular flexibility index (Phi) is 6.57. The summed E-state index contributed by atoms with van der Waals surface area (Å²) in [5, 5.41) is 2.85. The van der Waals surface area contributed by atoms with E-state index in [0.717, 1.165) is 12.4 Å². The van der Waals surface area contributed by atoms with Crippen LogP contribution in [0, 0.1) is 5.82 Å².